The lowest BCUT2D eigenvalue weighted by Crippen LogP contribution is -2.51. The van der Waals surface area contributed by atoms with Crippen LogP contribution in [-0.2, 0) is 17.8 Å². The predicted molar refractivity (Wildman–Crippen MR) is 141 cm³/mol. The highest BCUT2D eigenvalue weighted by Crippen LogP contribution is 2.23. The molecule has 1 saturated heterocycles. The number of carbonyl (C=O) groups excluding carboxylic acids is 2. The number of anilines is 1. The summed E-state index contributed by atoms with van der Waals surface area (Å²) in [6, 6.07) is 17.3. The maximum Gasteiger partial charge on any atom is 0.317 e. The van der Waals surface area contributed by atoms with E-state index in [0.717, 1.165) is 30.4 Å². The Morgan fingerprint density at radius 1 is 0.972 bits per heavy atom. The second kappa shape index (κ2) is 11.8. The summed E-state index contributed by atoms with van der Waals surface area (Å²) < 4.78 is 0. The molecule has 0 saturated carbocycles. The molecule has 1 aliphatic rings. The molecule has 4 rings (SSSR count). The summed E-state index contributed by atoms with van der Waals surface area (Å²) in [4.78, 5) is 38.2. The number of nitrogens with zero attached hydrogens (tertiary/aromatic N) is 4. The lowest BCUT2D eigenvalue weighted by atomic mass is 10.0. The number of rotatable bonds is 9. The molecule has 0 radical (unpaired) electrons. The van der Waals surface area contributed by atoms with Gasteiger partial charge < -0.3 is 21.3 Å². The van der Waals surface area contributed by atoms with Crippen molar-refractivity contribution in [1.29, 1.82) is 0 Å². The molecule has 3 aromatic rings. The average Bonchev–Trinajstić information content (AvgIpc) is 2.87. The van der Waals surface area contributed by atoms with Crippen molar-refractivity contribution in [2.45, 2.75) is 32.9 Å². The normalized spacial score (nSPS) is 15.1. The zero-order valence-corrected chi connectivity index (χ0v) is 21.0. The smallest absolute Gasteiger partial charge is 0.317 e. The third-order valence-corrected chi connectivity index (χ3v) is 6.47. The van der Waals surface area contributed by atoms with Gasteiger partial charge in [-0.2, -0.15) is 0 Å². The summed E-state index contributed by atoms with van der Waals surface area (Å²) in [5, 5.41) is 7.13. The van der Waals surface area contributed by atoms with Crippen molar-refractivity contribution in [3.05, 3.63) is 66.0 Å². The topological polar surface area (TPSA) is 116 Å². The Morgan fingerprint density at radius 3 is 2.36 bits per heavy atom. The number of aromatic nitrogens is 2. The second-order valence-corrected chi connectivity index (χ2v) is 9.50. The number of nitrogens with one attached hydrogen (secondary N) is 2. The van der Waals surface area contributed by atoms with Gasteiger partial charge in [-0.25, -0.2) is 14.8 Å². The van der Waals surface area contributed by atoms with Gasteiger partial charge in [0.1, 0.15) is 17.7 Å². The minimum absolute atomic E-state index is 0.0200. The highest BCUT2D eigenvalue weighted by molar-refractivity contribution is 5.91. The zero-order chi connectivity index (χ0) is 25.5. The SMILES string of the molecule is CC(C)[C@H](Nc1nc(CN2CCN(C(=O)NCCc3ccccc3)CC2)nc2ccccc12)C(N)=O. The molecule has 9 nitrogen and oxygen atoms in total. The van der Waals surface area contributed by atoms with Crippen LogP contribution in [0.5, 0.6) is 0 Å². The van der Waals surface area contributed by atoms with E-state index in [2.05, 4.69) is 27.7 Å². The summed E-state index contributed by atoms with van der Waals surface area (Å²) in [6.07, 6.45) is 0.815. The molecule has 1 atom stereocenters. The van der Waals surface area contributed by atoms with Gasteiger partial charge in [0.25, 0.3) is 0 Å². The molecule has 2 heterocycles. The van der Waals surface area contributed by atoms with Crippen molar-refractivity contribution >= 4 is 28.7 Å². The van der Waals surface area contributed by atoms with Crippen LogP contribution in [0.15, 0.2) is 54.6 Å². The van der Waals surface area contributed by atoms with Gasteiger partial charge in [0, 0.05) is 38.1 Å². The number of benzene rings is 2. The van der Waals surface area contributed by atoms with E-state index >= 15 is 0 Å². The quantitative estimate of drug-likeness (QED) is 0.426. The molecule has 0 bridgehead atoms. The lowest BCUT2D eigenvalue weighted by molar-refractivity contribution is -0.119. The first-order chi connectivity index (χ1) is 17.4. The third-order valence-electron chi connectivity index (χ3n) is 6.47. The van der Waals surface area contributed by atoms with Gasteiger partial charge >= 0.3 is 6.03 Å². The fourth-order valence-corrected chi connectivity index (χ4v) is 4.40. The largest absolute Gasteiger partial charge is 0.368 e. The van der Waals surface area contributed by atoms with Gasteiger partial charge in [-0.3, -0.25) is 9.69 Å². The summed E-state index contributed by atoms with van der Waals surface area (Å²) in [7, 11) is 0. The number of amides is 3. The number of nitrogens with two attached hydrogens (primary N) is 1. The van der Waals surface area contributed by atoms with Gasteiger partial charge in [-0.15, -0.1) is 0 Å². The Balaban J connectivity index is 1.35. The van der Waals surface area contributed by atoms with Gasteiger partial charge in [0.05, 0.1) is 12.1 Å². The maximum atomic E-state index is 12.6. The van der Waals surface area contributed by atoms with E-state index in [1.165, 1.54) is 5.56 Å². The van der Waals surface area contributed by atoms with Crippen molar-refractivity contribution in [2.75, 3.05) is 38.0 Å². The molecule has 1 aliphatic heterocycles. The number of hydrogen-bond acceptors (Lipinski definition) is 6. The van der Waals surface area contributed by atoms with Crippen LogP contribution in [0.25, 0.3) is 10.9 Å². The summed E-state index contributed by atoms with van der Waals surface area (Å²) in [5.74, 6) is 0.896. The van der Waals surface area contributed by atoms with Gasteiger partial charge in [-0.05, 0) is 30.0 Å². The van der Waals surface area contributed by atoms with E-state index in [0.29, 0.717) is 37.8 Å². The van der Waals surface area contributed by atoms with Crippen LogP contribution in [0.1, 0.15) is 25.2 Å². The molecule has 1 aromatic heterocycles. The molecule has 1 fully saturated rings. The van der Waals surface area contributed by atoms with Crippen molar-refractivity contribution in [1.82, 2.24) is 25.1 Å². The molecule has 2 aromatic carbocycles. The van der Waals surface area contributed by atoms with E-state index in [1.54, 1.807) is 0 Å². The molecule has 4 N–H and O–H groups in total. The van der Waals surface area contributed by atoms with Crippen molar-refractivity contribution < 1.29 is 9.59 Å². The summed E-state index contributed by atoms with van der Waals surface area (Å²) in [5.41, 5.74) is 7.65. The van der Waals surface area contributed by atoms with E-state index in [-0.39, 0.29) is 11.9 Å². The highest BCUT2D eigenvalue weighted by Gasteiger charge is 2.24. The van der Waals surface area contributed by atoms with Crippen molar-refractivity contribution in [2.24, 2.45) is 11.7 Å². The monoisotopic (exact) mass is 489 g/mol. The van der Waals surface area contributed by atoms with Crippen LogP contribution in [0, 0.1) is 5.92 Å². The molecule has 36 heavy (non-hydrogen) atoms. The number of para-hydroxylation sites is 1. The van der Waals surface area contributed by atoms with Gasteiger partial charge in [-0.1, -0.05) is 56.3 Å². The Kier molecular flexibility index (Phi) is 8.32. The maximum absolute atomic E-state index is 12.6. The molecular weight excluding hydrogens is 454 g/mol. The van der Waals surface area contributed by atoms with E-state index in [4.69, 9.17) is 15.7 Å². The lowest BCUT2D eigenvalue weighted by Gasteiger charge is -2.34. The Labute approximate surface area is 212 Å². The van der Waals surface area contributed by atoms with Crippen molar-refractivity contribution in [3.8, 4) is 0 Å². The number of urea groups is 1. The van der Waals surface area contributed by atoms with E-state index < -0.39 is 11.9 Å². The number of hydrogen-bond donors (Lipinski definition) is 3. The molecule has 9 heteroatoms. The first-order valence-electron chi connectivity index (χ1n) is 12.5. The number of fused-ring (bicyclic) bond motifs is 1. The van der Waals surface area contributed by atoms with Gasteiger partial charge in [0.2, 0.25) is 5.91 Å². The van der Waals surface area contributed by atoms with Crippen LogP contribution in [0.3, 0.4) is 0 Å². The molecule has 190 valence electrons. The van der Waals surface area contributed by atoms with Crippen LogP contribution in [-0.4, -0.2) is 70.5 Å². The number of primary amides is 1. The fraction of sp³-hybridized carbons (Fsp3) is 0.407. The molecule has 3 amide bonds. The summed E-state index contributed by atoms with van der Waals surface area (Å²) >= 11 is 0. The van der Waals surface area contributed by atoms with Crippen LogP contribution >= 0.6 is 0 Å². The first-order valence-corrected chi connectivity index (χ1v) is 12.5. The van der Waals surface area contributed by atoms with Crippen LogP contribution in [0.2, 0.25) is 0 Å². The van der Waals surface area contributed by atoms with Crippen LogP contribution < -0.4 is 16.4 Å². The first kappa shape index (κ1) is 25.4. The molecular formula is C27H35N7O2. The zero-order valence-electron chi connectivity index (χ0n) is 21.0. The van der Waals surface area contributed by atoms with Crippen LogP contribution in [0.4, 0.5) is 10.6 Å². The molecule has 0 spiro atoms. The third kappa shape index (κ3) is 6.48. The number of piperazine rings is 1. The standard InChI is InChI=1S/C27H35N7O2/c1-19(2)24(25(28)35)32-26-21-10-6-7-11-22(21)30-23(31-26)18-33-14-16-34(17-15-33)27(36)29-13-12-20-8-4-3-5-9-20/h3-11,19,24H,12-18H2,1-2H3,(H2,28,35)(H,29,36)(H,30,31,32)/t24-/m0/s1. The Morgan fingerprint density at radius 2 is 1.67 bits per heavy atom. The summed E-state index contributed by atoms with van der Waals surface area (Å²) in [6.45, 7) is 7.84. The predicted octanol–water partition coefficient (Wildman–Crippen LogP) is 2.62. The highest BCUT2D eigenvalue weighted by atomic mass is 16.2. The minimum Gasteiger partial charge on any atom is -0.368 e. The van der Waals surface area contributed by atoms with Crippen molar-refractivity contribution in [3.63, 3.8) is 0 Å². The molecule has 0 unspecified atom stereocenters. The van der Waals surface area contributed by atoms with E-state index in [1.807, 2.05) is 61.2 Å². The second-order valence-electron chi connectivity index (χ2n) is 9.50. The van der Waals surface area contributed by atoms with Gasteiger partial charge in [0.15, 0.2) is 0 Å². The Hall–Kier alpha value is -3.72. The van der Waals surface area contributed by atoms with E-state index in [9.17, 15) is 9.59 Å². The number of carbonyl (C=O) groups is 2. The molecule has 0 aliphatic carbocycles. The Bertz CT molecular complexity index is 1180. The average molecular weight is 490 g/mol. The minimum atomic E-state index is -0.528. The fourth-order valence-electron chi connectivity index (χ4n) is 4.40.